The highest BCUT2D eigenvalue weighted by Crippen LogP contribution is 2.14. The number of aliphatic hydroxyl groups is 1. The Balaban J connectivity index is 2.85. The number of amides is 2. The molecule has 0 aromatic heterocycles. The first-order valence-corrected chi connectivity index (χ1v) is 9.34. The fourth-order valence-corrected chi connectivity index (χ4v) is 3.40. The van der Waals surface area contributed by atoms with Crippen LogP contribution in [0.15, 0.2) is 29.2 Å². The van der Waals surface area contributed by atoms with Gasteiger partial charge in [0.05, 0.1) is 11.0 Å². The van der Waals surface area contributed by atoms with Crippen LogP contribution in [-0.2, 0) is 14.6 Å². The molecule has 8 nitrogen and oxygen atoms in total. The number of sulfone groups is 1. The van der Waals surface area contributed by atoms with Crippen LogP contribution in [0.3, 0.4) is 0 Å². The van der Waals surface area contributed by atoms with Crippen molar-refractivity contribution < 1.29 is 23.1 Å². The third-order valence-corrected chi connectivity index (χ3v) is 5.16. The standard InChI is InChI=1S/C16H25N3O5S/c1-17-9-13(20)10-19(4)16(22)12-5-7-14(8-6-12)25(23,24)11-15(21)18(2)3/h5-8,13,17,20H,9-11H2,1-4H3. The summed E-state index contributed by atoms with van der Waals surface area (Å²) in [5.41, 5.74) is 0.303. The van der Waals surface area contributed by atoms with Crippen LogP contribution in [0.1, 0.15) is 10.4 Å². The van der Waals surface area contributed by atoms with Gasteiger partial charge in [-0.3, -0.25) is 9.59 Å². The van der Waals surface area contributed by atoms with Gasteiger partial charge in [0.2, 0.25) is 5.91 Å². The molecule has 2 amide bonds. The summed E-state index contributed by atoms with van der Waals surface area (Å²) in [5.74, 6) is -1.47. The minimum Gasteiger partial charge on any atom is -0.390 e. The van der Waals surface area contributed by atoms with E-state index in [9.17, 15) is 23.1 Å². The first kappa shape index (κ1) is 21.1. The van der Waals surface area contributed by atoms with E-state index in [4.69, 9.17) is 0 Å². The maximum Gasteiger partial charge on any atom is 0.253 e. The summed E-state index contributed by atoms with van der Waals surface area (Å²) in [6.07, 6.45) is -0.698. The molecule has 2 N–H and O–H groups in total. The van der Waals surface area contributed by atoms with E-state index >= 15 is 0 Å². The molecule has 0 saturated carbocycles. The van der Waals surface area contributed by atoms with Crippen LogP contribution in [-0.4, -0.2) is 88.3 Å². The maximum absolute atomic E-state index is 12.3. The van der Waals surface area contributed by atoms with E-state index in [2.05, 4.69) is 5.32 Å². The average Bonchev–Trinajstić information content (AvgIpc) is 2.53. The molecule has 25 heavy (non-hydrogen) atoms. The van der Waals surface area contributed by atoms with E-state index in [1.807, 2.05) is 0 Å². The predicted octanol–water partition coefficient (Wildman–Crippen LogP) is -0.799. The molecular weight excluding hydrogens is 346 g/mol. The monoisotopic (exact) mass is 371 g/mol. The SMILES string of the molecule is CNCC(O)CN(C)C(=O)c1ccc(S(=O)(=O)CC(=O)N(C)C)cc1. The van der Waals surface area contributed by atoms with E-state index in [1.165, 1.54) is 48.2 Å². The van der Waals surface area contributed by atoms with Crippen molar-refractivity contribution in [3.8, 4) is 0 Å². The van der Waals surface area contributed by atoms with Crippen molar-refractivity contribution in [2.45, 2.75) is 11.0 Å². The van der Waals surface area contributed by atoms with E-state index < -0.39 is 27.6 Å². The lowest BCUT2D eigenvalue weighted by molar-refractivity contribution is -0.125. The van der Waals surface area contributed by atoms with E-state index in [0.29, 0.717) is 12.1 Å². The summed E-state index contributed by atoms with van der Waals surface area (Å²) in [6.45, 7) is 0.506. The lowest BCUT2D eigenvalue weighted by atomic mass is 10.2. The molecule has 0 spiro atoms. The Kier molecular flexibility index (Phi) is 7.53. The number of benzene rings is 1. The summed E-state index contributed by atoms with van der Waals surface area (Å²) in [7, 11) is 2.47. The van der Waals surface area contributed by atoms with Crippen LogP contribution in [0.2, 0.25) is 0 Å². The molecule has 1 aromatic carbocycles. The zero-order chi connectivity index (χ0) is 19.2. The molecule has 0 aliphatic carbocycles. The van der Waals surface area contributed by atoms with Crippen LogP contribution < -0.4 is 5.32 Å². The van der Waals surface area contributed by atoms with Gasteiger partial charge in [-0.25, -0.2) is 8.42 Å². The fourth-order valence-electron chi connectivity index (χ4n) is 2.10. The number of aliphatic hydroxyl groups excluding tert-OH is 1. The highest BCUT2D eigenvalue weighted by atomic mass is 32.2. The Morgan fingerprint density at radius 2 is 1.72 bits per heavy atom. The Morgan fingerprint density at radius 3 is 2.20 bits per heavy atom. The molecule has 1 unspecified atom stereocenters. The zero-order valence-corrected chi connectivity index (χ0v) is 15.7. The Bertz CT molecular complexity index is 701. The fraction of sp³-hybridized carbons (Fsp3) is 0.500. The zero-order valence-electron chi connectivity index (χ0n) is 14.9. The van der Waals surface area contributed by atoms with Gasteiger partial charge in [-0.2, -0.15) is 0 Å². The van der Waals surface area contributed by atoms with Gasteiger partial charge in [0.1, 0.15) is 5.75 Å². The predicted molar refractivity (Wildman–Crippen MR) is 94.1 cm³/mol. The molecule has 0 radical (unpaired) electrons. The maximum atomic E-state index is 12.3. The Hall–Kier alpha value is -1.97. The summed E-state index contributed by atoms with van der Waals surface area (Å²) >= 11 is 0. The number of rotatable bonds is 8. The number of likely N-dealkylation sites (N-methyl/N-ethyl adjacent to an activating group) is 2. The lowest BCUT2D eigenvalue weighted by Crippen LogP contribution is -2.38. The summed E-state index contributed by atoms with van der Waals surface area (Å²) in [4.78, 5) is 26.5. The molecule has 9 heteroatoms. The van der Waals surface area contributed by atoms with Crippen LogP contribution in [0.5, 0.6) is 0 Å². The van der Waals surface area contributed by atoms with Gasteiger partial charge in [-0.15, -0.1) is 0 Å². The molecule has 0 bridgehead atoms. The topological polar surface area (TPSA) is 107 Å². The first-order chi connectivity index (χ1) is 11.6. The molecule has 0 aliphatic heterocycles. The van der Waals surface area contributed by atoms with Crippen LogP contribution in [0.25, 0.3) is 0 Å². The van der Waals surface area contributed by atoms with Crippen molar-refractivity contribution in [2.75, 3.05) is 47.0 Å². The Labute approximate surface area is 148 Å². The third-order valence-electron chi connectivity index (χ3n) is 3.54. The third kappa shape index (κ3) is 6.11. The van der Waals surface area contributed by atoms with E-state index in [1.54, 1.807) is 14.1 Å². The van der Waals surface area contributed by atoms with Crippen molar-refractivity contribution in [1.82, 2.24) is 15.1 Å². The first-order valence-electron chi connectivity index (χ1n) is 7.69. The number of nitrogens with zero attached hydrogens (tertiary/aromatic N) is 2. The Morgan fingerprint density at radius 1 is 1.16 bits per heavy atom. The second-order valence-corrected chi connectivity index (χ2v) is 7.96. The van der Waals surface area contributed by atoms with Gasteiger partial charge in [0, 0.05) is 39.8 Å². The highest BCUT2D eigenvalue weighted by Gasteiger charge is 2.21. The van der Waals surface area contributed by atoms with Gasteiger partial charge < -0.3 is 20.2 Å². The number of carbonyl (C=O) groups excluding carboxylic acids is 2. The van der Waals surface area contributed by atoms with Gasteiger partial charge in [-0.05, 0) is 31.3 Å². The lowest BCUT2D eigenvalue weighted by Gasteiger charge is -2.21. The number of nitrogens with one attached hydrogen (secondary N) is 1. The van der Waals surface area contributed by atoms with Crippen molar-refractivity contribution in [1.29, 1.82) is 0 Å². The molecule has 0 fully saturated rings. The van der Waals surface area contributed by atoms with Crippen LogP contribution in [0, 0.1) is 0 Å². The van der Waals surface area contributed by atoms with Crippen LogP contribution >= 0.6 is 0 Å². The molecule has 0 saturated heterocycles. The molecule has 0 heterocycles. The van der Waals surface area contributed by atoms with Gasteiger partial charge >= 0.3 is 0 Å². The molecule has 1 aromatic rings. The molecule has 0 aliphatic rings. The summed E-state index contributed by atoms with van der Waals surface area (Å²) in [5, 5.41) is 12.5. The average molecular weight is 371 g/mol. The molecule has 1 atom stereocenters. The largest absolute Gasteiger partial charge is 0.390 e. The van der Waals surface area contributed by atoms with Crippen molar-refractivity contribution in [3.63, 3.8) is 0 Å². The minimum atomic E-state index is -3.76. The second kappa shape index (κ2) is 8.93. The number of hydrogen-bond acceptors (Lipinski definition) is 6. The van der Waals surface area contributed by atoms with Gasteiger partial charge in [-0.1, -0.05) is 0 Å². The quantitative estimate of drug-likeness (QED) is 0.620. The minimum absolute atomic E-state index is 0.0166. The molecule has 1 rings (SSSR count). The number of hydrogen-bond donors (Lipinski definition) is 2. The van der Waals surface area contributed by atoms with Crippen molar-refractivity contribution in [2.24, 2.45) is 0 Å². The van der Waals surface area contributed by atoms with E-state index in [-0.39, 0.29) is 17.3 Å². The molecular formula is C16H25N3O5S. The van der Waals surface area contributed by atoms with Crippen LogP contribution in [0.4, 0.5) is 0 Å². The van der Waals surface area contributed by atoms with Crippen molar-refractivity contribution in [3.05, 3.63) is 29.8 Å². The normalized spacial score (nSPS) is 12.5. The second-order valence-electron chi connectivity index (χ2n) is 5.97. The highest BCUT2D eigenvalue weighted by molar-refractivity contribution is 7.92. The summed E-state index contributed by atoms with van der Waals surface area (Å²) < 4.78 is 24.4. The smallest absolute Gasteiger partial charge is 0.253 e. The number of carbonyl (C=O) groups is 2. The van der Waals surface area contributed by atoms with Crippen molar-refractivity contribution >= 4 is 21.7 Å². The summed E-state index contributed by atoms with van der Waals surface area (Å²) in [6, 6.07) is 5.42. The van der Waals surface area contributed by atoms with Gasteiger partial charge in [0.15, 0.2) is 9.84 Å². The van der Waals surface area contributed by atoms with Gasteiger partial charge in [0.25, 0.3) is 5.91 Å². The molecule has 140 valence electrons. The van der Waals surface area contributed by atoms with E-state index in [0.717, 1.165) is 0 Å².